The average molecular weight is 421 g/mol. The van der Waals surface area contributed by atoms with Crippen molar-refractivity contribution in [1.29, 1.82) is 0 Å². The second-order valence-electron chi connectivity index (χ2n) is 6.19. The van der Waals surface area contributed by atoms with Gasteiger partial charge in [-0.15, -0.1) is 0 Å². The van der Waals surface area contributed by atoms with Crippen LogP contribution in [0, 0.1) is 12.7 Å². The van der Waals surface area contributed by atoms with Crippen molar-refractivity contribution in [3.8, 4) is 11.5 Å². The molecule has 3 rings (SSSR count). The number of hydrogen-bond donors (Lipinski definition) is 2. The minimum Gasteiger partial charge on any atom is -0.457 e. The van der Waals surface area contributed by atoms with Crippen LogP contribution in [0.5, 0.6) is 11.5 Å². The monoisotopic (exact) mass is 420 g/mol. The number of halogens is 2. The third kappa shape index (κ3) is 5.01. The third-order valence-electron chi connectivity index (χ3n) is 4.02. The minimum atomic E-state index is -3.79. The van der Waals surface area contributed by atoms with E-state index in [9.17, 15) is 12.8 Å². The van der Waals surface area contributed by atoms with Gasteiger partial charge in [-0.3, -0.25) is 0 Å². The van der Waals surface area contributed by atoms with Gasteiger partial charge in [0, 0.05) is 22.8 Å². The summed E-state index contributed by atoms with van der Waals surface area (Å²) in [5.41, 5.74) is 1.99. The molecule has 0 amide bonds. The number of ether oxygens (including phenoxy) is 1. The lowest BCUT2D eigenvalue weighted by atomic mass is 10.1. The Labute approximate surface area is 168 Å². The largest absolute Gasteiger partial charge is 0.457 e. The van der Waals surface area contributed by atoms with E-state index in [0.29, 0.717) is 34.3 Å². The smallest absolute Gasteiger partial charge is 0.238 e. The van der Waals surface area contributed by atoms with Crippen molar-refractivity contribution < 1.29 is 17.5 Å². The van der Waals surface area contributed by atoms with Gasteiger partial charge in [0.2, 0.25) is 10.0 Å². The van der Waals surface area contributed by atoms with Crippen LogP contribution in [0.4, 0.5) is 10.1 Å². The maximum absolute atomic E-state index is 13.3. The molecule has 0 saturated heterocycles. The van der Waals surface area contributed by atoms with Crippen molar-refractivity contribution in [2.24, 2.45) is 5.14 Å². The SMILES string of the molecule is Cc1cc(F)ccc1Oc1ccc(Cl)cc1CNc1cccc(S(N)(=O)=O)c1. The van der Waals surface area contributed by atoms with Crippen LogP contribution in [0.15, 0.2) is 65.6 Å². The fraction of sp³-hybridized carbons (Fsp3) is 0.100. The molecular weight excluding hydrogens is 403 g/mol. The molecule has 3 aromatic rings. The second-order valence-corrected chi connectivity index (χ2v) is 8.19. The Morgan fingerprint density at radius 3 is 2.54 bits per heavy atom. The first-order valence-electron chi connectivity index (χ1n) is 8.31. The van der Waals surface area contributed by atoms with Crippen molar-refractivity contribution in [1.82, 2.24) is 0 Å². The predicted octanol–water partition coefficient (Wildman–Crippen LogP) is 4.84. The van der Waals surface area contributed by atoms with E-state index in [4.69, 9.17) is 21.5 Å². The van der Waals surface area contributed by atoms with Crippen molar-refractivity contribution in [2.45, 2.75) is 18.4 Å². The first kappa shape index (κ1) is 20.1. The van der Waals surface area contributed by atoms with E-state index in [2.05, 4.69) is 5.32 Å². The highest BCUT2D eigenvalue weighted by molar-refractivity contribution is 7.89. The molecule has 3 aromatic carbocycles. The molecule has 0 saturated carbocycles. The molecule has 8 heteroatoms. The van der Waals surface area contributed by atoms with Crippen LogP contribution in [0.2, 0.25) is 5.02 Å². The minimum absolute atomic E-state index is 0.0157. The Morgan fingerprint density at radius 2 is 1.82 bits per heavy atom. The summed E-state index contributed by atoms with van der Waals surface area (Å²) in [6.45, 7) is 2.08. The van der Waals surface area contributed by atoms with Crippen LogP contribution in [0.25, 0.3) is 0 Å². The maximum atomic E-state index is 13.3. The standard InChI is InChI=1S/C20H18ClFN2O3S/c1-13-9-16(22)6-8-19(13)27-20-7-5-15(21)10-14(20)12-24-17-3-2-4-18(11-17)28(23,25)26/h2-11,24H,12H2,1H3,(H2,23,25,26). The molecule has 0 aliphatic rings. The van der Waals surface area contributed by atoms with E-state index in [1.165, 1.54) is 24.3 Å². The molecule has 28 heavy (non-hydrogen) atoms. The number of nitrogens with two attached hydrogens (primary N) is 1. The number of benzene rings is 3. The van der Waals surface area contributed by atoms with E-state index in [-0.39, 0.29) is 10.7 Å². The predicted molar refractivity (Wildman–Crippen MR) is 108 cm³/mol. The number of hydrogen-bond acceptors (Lipinski definition) is 4. The van der Waals surface area contributed by atoms with Gasteiger partial charge in [0.05, 0.1) is 4.90 Å². The lowest BCUT2D eigenvalue weighted by Gasteiger charge is -2.15. The van der Waals surface area contributed by atoms with E-state index in [0.717, 1.165) is 5.56 Å². The number of sulfonamides is 1. The Hall–Kier alpha value is -2.61. The average Bonchev–Trinajstić information content (AvgIpc) is 2.63. The Morgan fingerprint density at radius 1 is 1.07 bits per heavy atom. The van der Waals surface area contributed by atoms with Gasteiger partial charge in [-0.2, -0.15) is 0 Å². The quantitative estimate of drug-likeness (QED) is 0.597. The Kier molecular flexibility index (Phi) is 5.88. The van der Waals surface area contributed by atoms with Crippen LogP contribution in [0.1, 0.15) is 11.1 Å². The van der Waals surface area contributed by atoms with Crippen LogP contribution in [-0.2, 0) is 16.6 Å². The highest BCUT2D eigenvalue weighted by Crippen LogP contribution is 2.31. The number of rotatable bonds is 6. The molecular formula is C20H18ClFN2O3S. The van der Waals surface area contributed by atoms with Crippen LogP contribution in [-0.4, -0.2) is 8.42 Å². The van der Waals surface area contributed by atoms with E-state index in [1.54, 1.807) is 43.3 Å². The normalized spacial score (nSPS) is 11.3. The van der Waals surface area contributed by atoms with Crippen molar-refractivity contribution in [3.05, 3.63) is 82.6 Å². The zero-order chi connectivity index (χ0) is 20.3. The van der Waals surface area contributed by atoms with Crippen molar-refractivity contribution in [2.75, 3.05) is 5.32 Å². The molecule has 0 heterocycles. The number of anilines is 1. The molecule has 0 spiro atoms. The molecule has 0 radical (unpaired) electrons. The molecule has 0 aliphatic heterocycles. The molecule has 0 bridgehead atoms. The molecule has 0 aliphatic carbocycles. The summed E-state index contributed by atoms with van der Waals surface area (Å²) in [6, 6.07) is 15.6. The highest BCUT2D eigenvalue weighted by atomic mass is 35.5. The van der Waals surface area contributed by atoms with Crippen molar-refractivity contribution in [3.63, 3.8) is 0 Å². The summed E-state index contributed by atoms with van der Waals surface area (Å²) >= 11 is 6.11. The van der Waals surface area contributed by atoms with Crippen molar-refractivity contribution >= 4 is 27.3 Å². The van der Waals surface area contributed by atoms with E-state index >= 15 is 0 Å². The number of nitrogens with one attached hydrogen (secondary N) is 1. The van der Waals surface area contributed by atoms with Gasteiger partial charge >= 0.3 is 0 Å². The summed E-state index contributed by atoms with van der Waals surface area (Å²) in [7, 11) is -3.79. The lowest BCUT2D eigenvalue weighted by molar-refractivity contribution is 0.471. The second kappa shape index (κ2) is 8.18. The number of primary sulfonamides is 1. The topological polar surface area (TPSA) is 81.4 Å². The highest BCUT2D eigenvalue weighted by Gasteiger charge is 2.11. The molecule has 0 atom stereocenters. The molecule has 146 valence electrons. The molecule has 0 unspecified atom stereocenters. The zero-order valence-corrected chi connectivity index (χ0v) is 16.5. The molecule has 0 aromatic heterocycles. The maximum Gasteiger partial charge on any atom is 0.238 e. The summed E-state index contributed by atoms with van der Waals surface area (Å²) < 4.78 is 42.3. The summed E-state index contributed by atoms with van der Waals surface area (Å²) in [5.74, 6) is 0.744. The zero-order valence-electron chi connectivity index (χ0n) is 14.9. The van der Waals surface area contributed by atoms with Gasteiger partial charge in [-0.25, -0.2) is 17.9 Å². The molecule has 0 fully saturated rings. The van der Waals surface area contributed by atoms with Gasteiger partial charge in [0.1, 0.15) is 17.3 Å². The van der Waals surface area contributed by atoms with Gasteiger partial charge in [0.25, 0.3) is 0 Å². The first-order valence-corrected chi connectivity index (χ1v) is 10.2. The Balaban J connectivity index is 1.83. The number of aryl methyl sites for hydroxylation is 1. The third-order valence-corrected chi connectivity index (χ3v) is 5.17. The van der Waals surface area contributed by atoms with Gasteiger partial charge in [-0.05, 0) is 67.1 Å². The van der Waals surface area contributed by atoms with Crippen LogP contribution >= 0.6 is 11.6 Å². The van der Waals surface area contributed by atoms with Crippen LogP contribution < -0.4 is 15.2 Å². The summed E-state index contributed by atoms with van der Waals surface area (Å²) in [5, 5.41) is 8.83. The lowest BCUT2D eigenvalue weighted by Crippen LogP contribution is -2.12. The fourth-order valence-corrected chi connectivity index (χ4v) is 3.37. The first-order chi connectivity index (χ1) is 13.2. The van der Waals surface area contributed by atoms with Crippen LogP contribution in [0.3, 0.4) is 0 Å². The van der Waals surface area contributed by atoms with E-state index in [1.807, 2.05) is 0 Å². The summed E-state index contributed by atoms with van der Waals surface area (Å²) in [6.07, 6.45) is 0. The van der Waals surface area contributed by atoms with Gasteiger partial charge in [0.15, 0.2) is 0 Å². The summed E-state index contributed by atoms with van der Waals surface area (Å²) in [4.78, 5) is 0.0157. The molecule has 3 N–H and O–H groups in total. The fourth-order valence-electron chi connectivity index (χ4n) is 2.61. The van der Waals surface area contributed by atoms with E-state index < -0.39 is 10.0 Å². The van der Waals surface area contributed by atoms with Gasteiger partial charge in [-0.1, -0.05) is 17.7 Å². The molecule has 5 nitrogen and oxygen atoms in total. The van der Waals surface area contributed by atoms with Gasteiger partial charge < -0.3 is 10.1 Å². The Bertz CT molecular complexity index is 1120.